The van der Waals surface area contributed by atoms with E-state index < -0.39 is 9.05 Å². The SMILES string of the molecule is CCC1CCCCC1Oc1ccc(S(=O)(=O)Cl)cc1Cl. The van der Waals surface area contributed by atoms with Crippen LogP contribution in [0.2, 0.25) is 5.02 Å². The molecule has 0 aromatic heterocycles. The van der Waals surface area contributed by atoms with Gasteiger partial charge in [0.25, 0.3) is 9.05 Å². The third-order valence-electron chi connectivity index (χ3n) is 3.83. The molecular formula is C14H18Cl2O3S. The lowest BCUT2D eigenvalue weighted by atomic mass is 9.85. The summed E-state index contributed by atoms with van der Waals surface area (Å²) >= 11 is 6.10. The Morgan fingerprint density at radius 2 is 2.00 bits per heavy atom. The number of halogens is 2. The van der Waals surface area contributed by atoms with Gasteiger partial charge in [0, 0.05) is 10.7 Å². The number of benzene rings is 1. The van der Waals surface area contributed by atoms with E-state index in [-0.39, 0.29) is 16.0 Å². The highest BCUT2D eigenvalue weighted by atomic mass is 35.7. The van der Waals surface area contributed by atoms with Crippen molar-refractivity contribution in [2.24, 2.45) is 5.92 Å². The molecule has 0 aliphatic heterocycles. The summed E-state index contributed by atoms with van der Waals surface area (Å²) in [5.41, 5.74) is 0. The fraction of sp³-hybridized carbons (Fsp3) is 0.571. The van der Waals surface area contributed by atoms with Crippen LogP contribution in [0.5, 0.6) is 5.75 Å². The van der Waals surface area contributed by atoms with E-state index in [9.17, 15) is 8.42 Å². The monoisotopic (exact) mass is 336 g/mol. The van der Waals surface area contributed by atoms with Crippen molar-refractivity contribution in [2.45, 2.75) is 50.0 Å². The van der Waals surface area contributed by atoms with Crippen molar-refractivity contribution in [3.63, 3.8) is 0 Å². The fourth-order valence-corrected chi connectivity index (χ4v) is 3.75. The lowest BCUT2D eigenvalue weighted by Crippen LogP contribution is -2.30. The molecule has 1 fully saturated rings. The molecule has 1 aliphatic rings. The molecule has 6 heteroatoms. The Kier molecular flexibility index (Phi) is 5.21. The summed E-state index contributed by atoms with van der Waals surface area (Å²) in [6.45, 7) is 2.16. The van der Waals surface area contributed by atoms with E-state index in [0.29, 0.717) is 11.7 Å². The fourth-order valence-electron chi connectivity index (χ4n) is 2.69. The molecule has 112 valence electrons. The van der Waals surface area contributed by atoms with Gasteiger partial charge in [0.05, 0.1) is 9.92 Å². The van der Waals surface area contributed by atoms with Crippen LogP contribution < -0.4 is 4.74 Å². The smallest absolute Gasteiger partial charge is 0.261 e. The van der Waals surface area contributed by atoms with Gasteiger partial charge in [-0.25, -0.2) is 8.42 Å². The van der Waals surface area contributed by atoms with Crippen LogP contribution in [0.3, 0.4) is 0 Å². The molecule has 0 N–H and O–H groups in total. The average Bonchev–Trinajstić information content (AvgIpc) is 2.40. The number of hydrogen-bond donors (Lipinski definition) is 0. The summed E-state index contributed by atoms with van der Waals surface area (Å²) in [6, 6.07) is 4.34. The summed E-state index contributed by atoms with van der Waals surface area (Å²) in [7, 11) is 1.53. The quantitative estimate of drug-likeness (QED) is 0.753. The van der Waals surface area contributed by atoms with Crippen LogP contribution >= 0.6 is 22.3 Å². The Bertz CT molecular complexity index is 572. The third-order valence-corrected chi connectivity index (χ3v) is 5.47. The van der Waals surface area contributed by atoms with Gasteiger partial charge < -0.3 is 4.74 Å². The van der Waals surface area contributed by atoms with Crippen molar-refractivity contribution in [3.05, 3.63) is 23.2 Å². The minimum atomic E-state index is -3.76. The maximum Gasteiger partial charge on any atom is 0.261 e. The van der Waals surface area contributed by atoms with Gasteiger partial charge in [-0.3, -0.25) is 0 Å². The predicted octanol–water partition coefficient (Wildman–Crippen LogP) is 4.62. The van der Waals surface area contributed by atoms with Crippen LogP contribution in [0.25, 0.3) is 0 Å². The maximum atomic E-state index is 11.3. The van der Waals surface area contributed by atoms with Crippen molar-refractivity contribution >= 4 is 31.3 Å². The molecule has 0 heterocycles. The first kappa shape index (κ1) is 15.9. The molecule has 0 bridgehead atoms. The van der Waals surface area contributed by atoms with Crippen molar-refractivity contribution < 1.29 is 13.2 Å². The molecule has 20 heavy (non-hydrogen) atoms. The summed E-state index contributed by atoms with van der Waals surface area (Å²) in [4.78, 5) is -0.00722. The first-order valence-electron chi connectivity index (χ1n) is 6.82. The maximum absolute atomic E-state index is 11.3. The Morgan fingerprint density at radius 1 is 1.30 bits per heavy atom. The Labute approximate surface area is 129 Å². The van der Waals surface area contributed by atoms with Gasteiger partial charge in [-0.05, 0) is 49.8 Å². The second kappa shape index (κ2) is 6.54. The lowest BCUT2D eigenvalue weighted by molar-refractivity contribution is 0.0904. The number of hydrogen-bond acceptors (Lipinski definition) is 3. The Morgan fingerprint density at radius 3 is 2.60 bits per heavy atom. The number of rotatable bonds is 4. The van der Waals surface area contributed by atoms with Gasteiger partial charge in [0.15, 0.2) is 0 Å². The van der Waals surface area contributed by atoms with E-state index in [4.69, 9.17) is 27.0 Å². The van der Waals surface area contributed by atoms with Crippen molar-refractivity contribution in [1.29, 1.82) is 0 Å². The Hall–Kier alpha value is -0.450. The van der Waals surface area contributed by atoms with Crippen molar-refractivity contribution in [1.82, 2.24) is 0 Å². The third kappa shape index (κ3) is 3.80. The molecule has 2 unspecified atom stereocenters. The van der Waals surface area contributed by atoms with Gasteiger partial charge in [0.1, 0.15) is 11.9 Å². The van der Waals surface area contributed by atoms with Crippen LogP contribution in [0.4, 0.5) is 0 Å². The van der Waals surface area contributed by atoms with Gasteiger partial charge >= 0.3 is 0 Å². The van der Waals surface area contributed by atoms with Gasteiger partial charge in [-0.15, -0.1) is 0 Å². The second-order valence-electron chi connectivity index (χ2n) is 5.14. The Balaban J connectivity index is 2.17. The van der Waals surface area contributed by atoms with Crippen LogP contribution in [0.15, 0.2) is 23.1 Å². The number of ether oxygens (including phenoxy) is 1. The zero-order valence-electron chi connectivity index (χ0n) is 11.3. The van der Waals surface area contributed by atoms with Gasteiger partial charge in [0.2, 0.25) is 0 Å². The molecule has 2 atom stereocenters. The van der Waals surface area contributed by atoms with E-state index in [1.165, 1.54) is 25.0 Å². The summed E-state index contributed by atoms with van der Waals surface area (Å²) in [5.74, 6) is 1.07. The average molecular weight is 337 g/mol. The molecule has 0 amide bonds. The van der Waals surface area contributed by atoms with E-state index in [0.717, 1.165) is 19.3 Å². The molecule has 1 aromatic rings. The molecule has 1 aliphatic carbocycles. The standard InChI is InChI=1S/C14H18Cl2O3S/c1-2-10-5-3-4-6-13(10)19-14-8-7-11(9-12(14)15)20(16,17)18/h7-10,13H,2-6H2,1H3. The summed E-state index contributed by atoms with van der Waals surface area (Å²) in [6.07, 6.45) is 5.83. The van der Waals surface area contributed by atoms with Crippen LogP contribution in [-0.4, -0.2) is 14.5 Å². The van der Waals surface area contributed by atoms with Gasteiger partial charge in [-0.1, -0.05) is 24.9 Å². The van der Waals surface area contributed by atoms with Crippen LogP contribution in [0.1, 0.15) is 39.0 Å². The molecule has 1 aromatic carbocycles. The highest BCUT2D eigenvalue weighted by Crippen LogP contribution is 2.34. The first-order chi connectivity index (χ1) is 9.41. The summed E-state index contributed by atoms with van der Waals surface area (Å²) in [5, 5.41) is 0.284. The molecule has 3 nitrogen and oxygen atoms in total. The minimum absolute atomic E-state index is 0.00722. The van der Waals surface area contributed by atoms with E-state index in [2.05, 4.69) is 6.92 Å². The predicted molar refractivity (Wildman–Crippen MR) is 81.2 cm³/mol. The zero-order chi connectivity index (χ0) is 14.8. The van der Waals surface area contributed by atoms with Crippen molar-refractivity contribution in [2.75, 3.05) is 0 Å². The largest absolute Gasteiger partial charge is 0.489 e. The van der Waals surface area contributed by atoms with E-state index in [1.54, 1.807) is 6.07 Å². The van der Waals surface area contributed by atoms with E-state index >= 15 is 0 Å². The normalized spacial score (nSPS) is 23.6. The molecule has 0 spiro atoms. The molecule has 2 rings (SSSR count). The lowest BCUT2D eigenvalue weighted by Gasteiger charge is -2.31. The molecule has 0 saturated heterocycles. The molecule has 0 radical (unpaired) electrons. The first-order valence-corrected chi connectivity index (χ1v) is 9.51. The molecule has 1 saturated carbocycles. The van der Waals surface area contributed by atoms with Crippen molar-refractivity contribution in [3.8, 4) is 5.75 Å². The topological polar surface area (TPSA) is 43.4 Å². The second-order valence-corrected chi connectivity index (χ2v) is 8.11. The minimum Gasteiger partial charge on any atom is -0.489 e. The van der Waals surface area contributed by atoms with Crippen LogP contribution in [-0.2, 0) is 9.05 Å². The highest BCUT2D eigenvalue weighted by molar-refractivity contribution is 8.13. The summed E-state index contributed by atoms with van der Waals surface area (Å²) < 4.78 is 28.5. The highest BCUT2D eigenvalue weighted by Gasteiger charge is 2.26. The molecular weight excluding hydrogens is 319 g/mol. The van der Waals surface area contributed by atoms with E-state index in [1.807, 2.05) is 0 Å². The zero-order valence-corrected chi connectivity index (χ0v) is 13.6. The van der Waals surface area contributed by atoms with Crippen LogP contribution in [0, 0.1) is 5.92 Å². The van der Waals surface area contributed by atoms with Gasteiger partial charge in [-0.2, -0.15) is 0 Å².